The second-order valence-electron chi connectivity index (χ2n) is 11.1. The predicted molar refractivity (Wildman–Crippen MR) is 177 cm³/mol. The van der Waals surface area contributed by atoms with Crippen molar-refractivity contribution in [2.75, 3.05) is 5.01 Å². The fourth-order valence-electron chi connectivity index (χ4n) is 6.14. The largest absolute Gasteiger partial charge is 0.269 e. The monoisotopic (exact) mass is 613 g/mol. The molecule has 4 aromatic carbocycles. The van der Waals surface area contributed by atoms with Crippen LogP contribution in [0.25, 0.3) is 28.5 Å². The molecule has 1 aromatic heterocycles. The molecule has 2 atom stereocenters. The van der Waals surface area contributed by atoms with Crippen LogP contribution in [-0.2, 0) is 0 Å². The minimum absolute atomic E-state index is 0.0438. The minimum atomic E-state index is -0.402. The van der Waals surface area contributed by atoms with E-state index in [1.54, 1.807) is 24.3 Å². The minimum Gasteiger partial charge on any atom is -0.258 e. The van der Waals surface area contributed by atoms with Crippen molar-refractivity contribution in [2.24, 2.45) is 11.0 Å². The lowest BCUT2D eigenvalue weighted by atomic mass is 9.77. The van der Waals surface area contributed by atoms with Crippen molar-refractivity contribution < 1.29 is 9.85 Å². The molecule has 1 saturated carbocycles. The zero-order valence-electron chi connectivity index (χ0n) is 24.0. The summed E-state index contributed by atoms with van der Waals surface area (Å²) in [6.45, 7) is 0. The van der Waals surface area contributed by atoms with Gasteiger partial charge in [-0.3, -0.25) is 20.2 Å². The Hall–Kier alpha value is -5.48. The Morgan fingerprint density at radius 2 is 1.40 bits per heavy atom. The molecule has 0 N–H and O–H groups in total. The molecular formula is C35H27N5O4S. The number of hydrogen-bond acceptors (Lipinski definition) is 8. The molecule has 10 heteroatoms. The Bertz CT molecular complexity index is 1940. The number of non-ortho nitro benzene ring substituents is 2. The summed E-state index contributed by atoms with van der Waals surface area (Å²) < 4.78 is 0. The van der Waals surface area contributed by atoms with E-state index < -0.39 is 4.92 Å². The molecule has 5 aromatic rings. The van der Waals surface area contributed by atoms with Gasteiger partial charge in [0.1, 0.15) is 0 Å². The Morgan fingerprint density at radius 3 is 2.07 bits per heavy atom. The van der Waals surface area contributed by atoms with Crippen LogP contribution in [-0.4, -0.2) is 20.5 Å². The Morgan fingerprint density at radius 1 is 0.778 bits per heavy atom. The summed E-state index contributed by atoms with van der Waals surface area (Å²) in [5, 5.41) is 32.4. The second-order valence-corrected chi connectivity index (χ2v) is 11.9. The molecule has 0 bridgehead atoms. The molecule has 1 aliphatic heterocycles. The Kier molecular flexibility index (Phi) is 7.48. The third kappa shape index (κ3) is 5.63. The maximum Gasteiger partial charge on any atom is 0.269 e. The average molecular weight is 614 g/mol. The third-order valence-corrected chi connectivity index (χ3v) is 9.20. The molecule has 0 unspecified atom stereocenters. The summed E-state index contributed by atoms with van der Waals surface area (Å²) in [5.74, 6) is 0.0574. The maximum atomic E-state index is 11.4. The van der Waals surface area contributed by atoms with Crippen molar-refractivity contribution in [1.29, 1.82) is 0 Å². The number of fused-ring (bicyclic) bond motifs is 1. The van der Waals surface area contributed by atoms with Crippen molar-refractivity contribution in [2.45, 2.75) is 25.3 Å². The summed E-state index contributed by atoms with van der Waals surface area (Å²) in [4.78, 5) is 26.8. The fraction of sp³-hybridized carbons (Fsp3) is 0.143. The normalized spacial score (nSPS) is 18.4. The van der Waals surface area contributed by atoms with E-state index in [1.807, 2.05) is 40.7 Å². The number of thiazole rings is 1. The van der Waals surface area contributed by atoms with Crippen LogP contribution in [0.4, 0.5) is 16.5 Å². The first-order valence-corrected chi connectivity index (χ1v) is 15.5. The van der Waals surface area contributed by atoms with Crippen LogP contribution in [0, 0.1) is 26.1 Å². The van der Waals surface area contributed by atoms with Crippen LogP contribution in [0.15, 0.2) is 119 Å². The van der Waals surface area contributed by atoms with E-state index in [-0.39, 0.29) is 28.3 Å². The number of nitro benzene ring substituents is 2. The molecule has 0 saturated heterocycles. The first-order chi connectivity index (χ1) is 21.9. The van der Waals surface area contributed by atoms with Crippen LogP contribution in [0.3, 0.4) is 0 Å². The summed E-state index contributed by atoms with van der Waals surface area (Å²) >= 11 is 1.52. The highest BCUT2D eigenvalue weighted by Crippen LogP contribution is 2.47. The van der Waals surface area contributed by atoms with Gasteiger partial charge in [-0.15, -0.1) is 11.3 Å². The lowest BCUT2D eigenvalue weighted by Gasteiger charge is -2.29. The van der Waals surface area contributed by atoms with Crippen molar-refractivity contribution in [3.63, 3.8) is 0 Å². The van der Waals surface area contributed by atoms with E-state index in [4.69, 9.17) is 10.1 Å². The van der Waals surface area contributed by atoms with E-state index in [2.05, 4.69) is 42.5 Å². The van der Waals surface area contributed by atoms with Crippen molar-refractivity contribution in [1.82, 2.24) is 4.98 Å². The second kappa shape index (κ2) is 11.9. The highest BCUT2D eigenvalue weighted by Gasteiger charge is 2.43. The quantitative estimate of drug-likeness (QED) is 0.134. The predicted octanol–water partition coefficient (Wildman–Crippen LogP) is 9.09. The van der Waals surface area contributed by atoms with Crippen LogP contribution in [0.1, 0.15) is 36.4 Å². The molecule has 0 spiro atoms. The topological polar surface area (TPSA) is 115 Å². The van der Waals surface area contributed by atoms with E-state index in [0.717, 1.165) is 69.2 Å². The van der Waals surface area contributed by atoms with Gasteiger partial charge in [0.15, 0.2) is 0 Å². The molecule has 0 radical (unpaired) electrons. The molecule has 45 heavy (non-hydrogen) atoms. The van der Waals surface area contributed by atoms with Crippen LogP contribution in [0.5, 0.6) is 0 Å². The number of hydrogen-bond donors (Lipinski definition) is 0. The summed E-state index contributed by atoms with van der Waals surface area (Å²) in [7, 11) is 0. The van der Waals surface area contributed by atoms with Gasteiger partial charge < -0.3 is 0 Å². The van der Waals surface area contributed by atoms with Crippen LogP contribution < -0.4 is 5.01 Å². The van der Waals surface area contributed by atoms with Gasteiger partial charge in [0.05, 0.1) is 27.3 Å². The number of nitro groups is 2. The number of hydrazone groups is 1. The Labute approximate surface area is 263 Å². The molecule has 0 amide bonds. The first kappa shape index (κ1) is 28.3. The van der Waals surface area contributed by atoms with Gasteiger partial charge in [-0.05, 0) is 65.3 Å². The molecule has 222 valence electrons. The Balaban J connectivity index is 1.24. The van der Waals surface area contributed by atoms with Crippen molar-refractivity contribution in [3.8, 4) is 22.4 Å². The lowest BCUT2D eigenvalue weighted by molar-refractivity contribution is -0.385. The molecule has 2 aliphatic rings. The molecule has 7 rings (SSSR count). The van der Waals surface area contributed by atoms with Gasteiger partial charge >= 0.3 is 0 Å². The fourth-order valence-corrected chi connectivity index (χ4v) is 6.96. The first-order valence-electron chi connectivity index (χ1n) is 14.6. The molecule has 1 fully saturated rings. The van der Waals surface area contributed by atoms with Crippen molar-refractivity contribution in [3.05, 3.63) is 145 Å². The molecule has 2 heterocycles. The van der Waals surface area contributed by atoms with E-state index in [9.17, 15) is 20.2 Å². The maximum absolute atomic E-state index is 11.4. The number of nitrogens with zero attached hydrogens (tertiary/aromatic N) is 5. The number of rotatable bonds is 7. The molecule has 1 aliphatic carbocycles. The standard InChI is InChI=1S/C35H27N5O4S/c41-39(42)29-17-9-23(10-18-29)21-28-7-4-8-31-33(28)37-38(34(31)27-15-19-30(20-16-27)40(43)44)35-36-32(22-45-35)26-13-11-25(12-14-26)24-5-2-1-3-6-24/h1-3,5-6,9-22,31,34H,4,7-8H2/b28-21-/t31-,34-/m1/s1. The van der Waals surface area contributed by atoms with Gasteiger partial charge in [0, 0.05) is 41.1 Å². The van der Waals surface area contributed by atoms with Crippen molar-refractivity contribution >= 4 is 39.6 Å². The zero-order valence-corrected chi connectivity index (χ0v) is 24.8. The van der Waals surface area contributed by atoms with E-state index in [0.29, 0.717) is 0 Å². The number of anilines is 1. The summed E-state index contributed by atoms with van der Waals surface area (Å²) in [6.07, 6.45) is 4.77. The van der Waals surface area contributed by atoms with Gasteiger partial charge in [0.2, 0.25) is 5.13 Å². The molecular weight excluding hydrogens is 586 g/mol. The summed E-state index contributed by atoms with van der Waals surface area (Å²) in [5.41, 5.74) is 8.11. The third-order valence-electron chi connectivity index (χ3n) is 8.37. The van der Waals surface area contributed by atoms with Crippen LogP contribution in [0.2, 0.25) is 0 Å². The van der Waals surface area contributed by atoms with Gasteiger partial charge in [-0.25, -0.2) is 9.99 Å². The SMILES string of the molecule is O=[N+]([O-])c1ccc(/C=C2/CCC[C@@H]3C2=NN(c2nc(-c4ccc(-c5ccccc5)cc4)cs2)[C@@H]3c2ccc([N+](=O)[O-])cc2)cc1. The van der Waals surface area contributed by atoms with Crippen LogP contribution >= 0.6 is 11.3 Å². The smallest absolute Gasteiger partial charge is 0.258 e. The highest BCUT2D eigenvalue weighted by molar-refractivity contribution is 7.14. The van der Waals surface area contributed by atoms with Gasteiger partial charge in [-0.2, -0.15) is 5.10 Å². The number of benzene rings is 4. The van der Waals surface area contributed by atoms with Gasteiger partial charge in [0.25, 0.3) is 11.4 Å². The highest BCUT2D eigenvalue weighted by atomic mass is 32.1. The molecule has 9 nitrogen and oxygen atoms in total. The lowest BCUT2D eigenvalue weighted by Crippen LogP contribution is -2.28. The average Bonchev–Trinajstić information content (AvgIpc) is 3.72. The summed E-state index contributed by atoms with van der Waals surface area (Å²) in [6, 6.07) is 31.7. The van der Waals surface area contributed by atoms with E-state index >= 15 is 0 Å². The van der Waals surface area contributed by atoms with E-state index in [1.165, 1.54) is 23.5 Å². The number of aromatic nitrogens is 1. The van der Waals surface area contributed by atoms with Gasteiger partial charge in [-0.1, -0.05) is 66.7 Å². The zero-order chi connectivity index (χ0) is 30.9. The number of allylic oxidation sites excluding steroid dienone is 1.